The number of oxime groups is 1. The number of fused-ring (bicyclic) bond motifs is 6. The lowest BCUT2D eigenvalue weighted by molar-refractivity contribution is -0.143. The third-order valence-corrected chi connectivity index (χ3v) is 12.1. The largest absolute Gasteiger partial charge is 0.490 e. The van der Waals surface area contributed by atoms with E-state index in [-0.39, 0.29) is 26.2 Å². The van der Waals surface area contributed by atoms with Crippen molar-refractivity contribution in [2.24, 2.45) is 16.5 Å². The van der Waals surface area contributed by atoms with Crippen molar-refractivity contribution >= 4 is 39.5 Å². The van der Waals surface area contributed by atoms with Crippen LogP contribution in [0.5, 0.6) is 5.75 Å². The van der Waals surface area contributed by atoms with Crippen molar-refractivity contribution in [1.82, 2.24) is 20.3 Å². The summed E-state index contributed by atoms with van der Waals surface area (Å²) in [4.78, 5) is 62.0. The average Bonchev–Trinajstić information content (AvgIpc) is 4.03. The first-order valence-electron chi connectivity index (χ1n) is 17.7. The quantitative estimate of drug-likeness (QED) is 0.317. The number of alkyl halides is 2. The van der Waals surface area contributed by atoms with Crippen LogP contribution < -0.4 is 20.1 Å². The van der Waals surface area contributed by atoms with Crippen molar-refractivity contribution in [3.8, 4) is 16.9 Å². The molecule has 4 bridgehead atoms. The van der Waals surface area contributed by atoms with Gasteiger partial charge in [-0.25, -0.2) is 22.0 Å². The number of amides is 4. The van der Waals surface area contributed by atoms with Gasteiger partial charge in [0, 0.05) is 17.5 Å². The predicted molar refractivity (Wildman–Crippen MR) is 190 cm³/mol. The molecule has 2 heterocycles. The van der Waals surface area contributed by atoms with Gasteiger partial charge in [0.05, 0.1) is 17.7 Å². The van der Waals surface area contributed by atoms with Crippen molar-refractivity contribution in [1.29, 1.82) is 0 Å². The fourth-order valence-electron chi connectivity index (χ4n) is 7.12. The van der Waals surface area contributed by atoms with E-state index in [1.165, 1.54) is 4.90 Å². The molecule has 5 atom stereocenters. The van der Waals surface area contributed by atoms with E-state index in [0.29, 0.717) is 24.3 Å². The molecule has 3 aliphatic carbocycles. The highest BCUT2D eigenvalue weighted by molar-refractivity contribution is 7.91. The number of halogens is 2. The van der Waals surface area contributed by atoms with Crippen LogP contribution in [0, 0.1) is 11.3 Å². The average molecular weight is 770 g/mol. The highest BCUT2D eigenvalue weighted by Crippen LogP contribution is 2.48. The second-order valence-corrected chi connectivity index (χ2v) is 17.2. The number of benzene rings is 2. The van der Waals surface area contributed by atoms with E-state index in [1.54, 1.807) is 32.9 Å². The van der Waals surface area contributed by atoms with Gasteiger partial charge in [0.15, 0.2) is 0 Å². The number of nitrogens with one attached hydrogen (secondary N) is 3. The minimum atomic E-state index is -4.13. The van der Waals surface area contributed by atoms with Gasteiger partial charge in [0.25, 0.3) is 5.91 Å². The first kappa shape index (κ1) is 37.3. The molecular weight excluding hydrogens is 728 g/mol. The fourth-order valence-corrected chi connectivity index (χ4v) is 8.49. The SMILES string of the molecule is CC(C)(C)[C@@H]1NC(=O)OC/C=C\COc2ccc3c(c2)/C(=N/O[C@@H]2C[C@@H](C(=O)N[C@]4(C(=O)NS(=O)(=O)C5CC5)C[C@H]4C(F)F)N(C2)C1=O)c1ccccc1-3. The summed E-state index contributed by atoms with van der Waals surface area (Å²) in [7, 11) is -4.13. The van der Waals surface area contributed by atoms with Gasteiger partial charge in [0.1, 0.15) is 48.4 Å². The molecule has 2 aliphatic heterocycles. The van der Waals surface area contributed by atoms with Crippen molar-refractivity contribution in [2.75, 3.05) is 19.8 Å². The van der Waals surface area contributed by atoms with Crippen LogP contribution in [0.2, 0.25) is 0 Å². The minimum absolute atomic E-state index is 0.132. The number of ether oxygens (including phenoxy) is 2. The zero-order valence-electron chi connectivity index (χ0n) is 29.8. The predicted octanol–water partition coefficient (Wildman–Crippen LogP) is 3.24. The maximum Gasteiger partial charge on any atom is 0.408 e. The van der Waals surface area contributed by atoms with Gasteiger partial charge in [-0.3, -0.25) is 19.1 Å². The van der Waals surface area contributed by atoms with E-state index in [2.05, 4.69) is 15.8 Å². The molecule has 3 fully saturated rings. The molecule has 54 heavy (non-hydrogen) atoms. The number of alkyl carbamates (subject to hydrolysis) is 1. The number of nitrogens with zero attached hydrogens (tertiary/aromatic N) is 2. The summed E-state index contributed by atoms with van der Waals surface area (Å²) in [5.41, 5.74) is 0.661. The lowest BCUT2D eigenvalue weighted by Crippen LogP contribution is -2.60. The number of rotatable bonds is 6. The van der Waals surface area contributed by atoms with Crippen molar-refractivity contribution in [2.45, 2.75) is 81.9 Å². The van der Waals surface area contributed by atoms with Crippen molar-refractivity contribution in [3.63, 3.8) is 0 Å². The molecule has 5 aliphatic rings. The molecular formula is C37H41F2N5O9S. The Balaban J connectivity index is 1.23. The van der Waals surface area contributed by atoms with Gasteiger partial charge < -0.3 is 29.8 Å². The summed E-state index contributed by atoms with van der Waals surface area (Å²) in [6.07, 6.45) is -1.63. The Morgan fingerprint density at radius 3 is 2.35 bits per heavy atom. The molecule has 14 nitrogen and oxygen atoms in total. The van der Waals surface area contributed by atoms with Crippen LogP contribution in [-0.2, 0) is 34.0 Å². The molecule has 0 aromatic heterocycles. The number of cyclic esters (lactones) is 1. The van der Waals surface area contributed by atoms with E-state index >= 15 is 0 Å². The summed E-state index contributed by atoms with van der Waals surface area (Å²) >= 11 is 0. The molecule has 1 saturated heterocycles. The smallest absolute Gasteiger partial charge is 0.408 e. The van der Waals surface area contributed by atoms with Gasteiger partial charge in [-0.2, -0.15) is 0 Å². The van der Waals surface area contributed by atoms with Gasteiger partial charge in [-0.15, -0.1) is 0 Å². The van der Waals surface area contributed by atoms with E-state index in [0.717, 1.165) is 22.3 Å². The van der Waals surface area contributed by atoms with Gasteiger partial charge in [0.2, 0.25) is 28.3 Å². The van der Waals surface area contributed by atoms with Crippen LogP contribution in [0.15, 0.2) is 59.8 Å². The van der Waals surface area contributed by atoms with Crippen LogP contribution >= 0.6 is 0 Å². The standard InChI is InChI=1S/C37H41F2N5O9S/c1-36(2,3)30-33(46)44-19-21(17-28(44)32(45)41-37(18-27(37)31(38)39)34(47)43-54(49,50)22-11-12-22)53-42-29-25-9-5-4-8-23(25)24-13-10-20(16-26(24)29)51-14-6-7-15-52-35(48)40-30/h4-10,13,16,21-22,27-28,30-31H,11-12,14-15,17-19H2,1-3H3,(H,40,48)(H,41,45)(H,43,47)/b7-6-,42-29+/t21-,27+,28+,30-,37-/m1/s1. The molecule has 3 N–H and O–H groups in total. The Morgan fingerprint density at radius 1 is 1.00 bits per heavy atom. The molecule has 0 spiro atoms. The maximum atomic E-state index is 14.4. The summed E-state index contributed by atoms with van der Waals surface area (Å²) in [5, 5.41) is 8.72. The molecule has 288 valence electrons. The van der Waals surface area contributed by atoms with Gasteiger partial charge in [-0.1, -0.05) is 50.2 Å². The Labute approximate surface area is 310 Å². The Morgan fingerprint density at radius 2 is 1.69 bits per heavy atom. The number of carbonyl (C=O) groups excluding carboxylic acids is 4. The summed E-state index contributed by atoms with van der Waals surface area (Å²) in [6, 6.07) is 10.5. The maximum absolute atomic E-state index is 14.4. The second kappa shape index (κ2) is 14.0. The van der Waals surface area contributed by atoms with E-state index in [9.17, 15) is 36.4 Å². The molecule has 4 amide bonds. The van der Waals surface area contributed by atoms with E-state index in [1.807, 2.05) is 47.2 Å². The highest BCUT2D eigenvalue weighted by Gasteiger charge is 2.67. The zero-order chi connectivity index (χ0) is 38.6. The van der Waals surface area contributed by atoms with Crippen LogP contribution in [0.25, 0.3) is 11.1 Å². The molecule has 2 aromatic rings. The first-order chi connectivity index (χ1) is 25.6. The van der Waals surface area contributed by atoms with E-state index in [4.69, 9.17) is 14.3 Å². The monoisotopic (exact) mass is 769 g/mol. The Bertz CT molecular complexity index is 2050. The highest BCUT2D eigenvalue weighted by atomic mass is 32.2. The van der Waals surface area contributed by atoms with Gasteiger partial charge in [-0.05, 0) is 66.2 Å². The summed E-state index contributed by atoms with van der Waals surface area (Å²) in [5.74, 6) is -4.04. The van der Waals surface area contributed by atoms with Crippen LogP contribution in [0.3, 0.4) is 0 Å². The molecule has 0 unspecified atom stereocenters. The third-order valence-electron chi connectivity index (χ3n) is 10.3. The third kappa shape index (κ3) is 7.24. The van der Waals surface area contributed by atoms with Gasteiger partial charge >= 0.3 is 6.09 Å². The molecule has 2 saturated carbocycles. The van der Waals surface area contributed by atoms with E-state index < -0.39 is 87.0 Å². The molecule has 7 rings (SSSR count). The van der Waals surface area contributed by atoms with Crippen LogP contribution in [-0.4, -0.2) is 98.0 Å². The number of sulfonamides is 1. The first-order valence-corrected chi connectivity index (χ1v) is 19.3. The summed E-state index contributed by atoms with van der Waals surface area (Å²) in [6.45, 7) is 4.95. The van der Waals surface area contributed by atoms with Crippen molar-refractivity contribution < 1.29 is 50.7 Å². The van der Waals surface area contributed by atoms with Crippen molar-refractivity contribution in [3.05, 3.63) is 65.7 Å². The Hall–Kier alpha value is -5.06. The minimum Gasteiger partial charge on any atom is -0.490 e. The van der Waals surface area contributed by atoms with Crippen LogP contribution in [0.4, 0.5) is 13.6 Å². The number of hydrogen-bond acceptors (Lipinski definition) is 10. The van der Waals surface area contributed by atoms with Crippen LogP contribution in [0.1, 0.15) is 57.6 Å². The molecule has 2 aromatic carbocycles. The Kier molecular flexibility index (Phi) is 9.64. The normalized spacial score (nSPS) is 28.4. The molecule has 17 heteroatoms. The topological polar surface area (TPSA) is 182 Å². The molecule has 0 radical (unpaired) electrons. The fraction of sp³-hybridized carbons (Fsp3) is 0.486. The number of carbonyl (C=O) groups is 4. The lowest BCUT2D eigenvalue weighted by Gasteiger charge is -2.35. The summed E-state index contributed by atoms with van der Waals surface area (Å²) < 4.78 is 66.5. The zero-order valence-corrected chi connectivity index (χ0v) is 30.7. The second-order valence-electron chi connectivity index (χ2n) is 15.3. The number of hydrogen-bond donors (Lipinski definition) is 3. The lowest BCUT2D eigenvalue weighted by atomic mass is 9.85.